The molecule has 1 aliphatic rings. The molecular formula is C25H27OSi. The first kappa shape index (κ1) is 19.6. The summed E-state index contributed by atoms with van der Waals surface area (Å²) in [6.07, 6.45) is 6.94. The van der Waals surface area contributed by atoms with Crippen molar-refractivity contribution < 1.29 is 4.43 Å². The van der Waals surface area contributed by atoms with Crippen LogP contribution >= 0.6 is 0 Å². The van der Waals surface area contributed by atoms with Crippen LogP contribution in [0.3, 0.4) is 0 Å². The van der Waals surface area contributed by atoms with Gasteiger partial charge in [0.2, 0.25) is 10.5 Å². The number of benzene rings is 3. The number of hydrogen-bond acceptors (Lipinski definition) is 1. The Hall–Kier alpha value is -2.16. The van der Waals surface area contributed by atoms with E-state index in [1.165, 1.54) is 48.8 Å². The zero-order valence-electron chi connectivity index (χ0n) is 15.8. The monoisotopic (exact) mass is 371 g/mol. The van der Waals surface area contributed by atoms with Crippen molar-refractivity contribution in [1.29, 1.82) is 0 Å². The molecule has 0 spiro atoms. The molecule has 1 fully saturated rings. The van der Waals surface area contributed by atoms with Gasteiger partial charge >= 0.3 is 0 Å². The van der Waals surface area contributed by atoms with Gasteiger partial charge in [0.25, 0.3) is 0 Å². The van der Waals surface area contributed by atoms with E-state index in [0.717, 1.165) is 5.92 Å². The molecule has 0 aromatic heterocycles. The van der Waals surface area contributed by atoms with E-state index < -0.39 is 0 Å². The molecule has 0 unspecified atom stereocenters. The quantitative estimate of drug-likeness (QED) is 0.464. The topological polar surface area (TPSA) is 9.23 Å². The molecule has 1 saturated carbocycles. The average molecular weight is 372 g/mol. The van der Waals surface area contributed by atoms with Crippen LogP contribution < -0.4 is 0 Å². The lowest BCUT2D eigenvalue weighted by Gasteiger charge is -2.24. The third-order valence-electron chi connectivity index (χ3n) is 5.17. The maximum atomic E-state index is 4.73. The summed E-state index contributed by atoms with van der Waals surface area (Å²) in [5.41, 5.74) is 5.53. The van der Waals surface area contributed by atoms with Crippen LogP contribution in [0.5, 0.6) is 0 Å². The van der Waals surface area contributed by atoms with E-state index in [2.05, 4.69) is 65.1 Å². The third kappa shape index (κ3) is 5.91. The lowest BCUT2D eigenvalue weighted by molar-refractivity contribution is 0.338. The van der Waals surface area contributed by atoms with Crippen molar-refractivity contribution in [3.8, 4) is 11.1 Å². The summed E-state index contributed by atoms with van der Waals surface area (Å²) in [4.78, 5) is 0. The van der Waals surface area contributed by atoms with Gasteiger partial charge in [0.05, 0.1) is 6.61 Å². The van der Waals surface area contributed by atoms with Gasteiger partial charge in [-0.15, -0.1) is 0 Å². The van der Waals surface area contributed by atoms with Gasteiger partial charge in [0.1, 0.15) is 0 Å². The molecule has 0 aliphatic heterocycles. The molecule has 3 radical (unpaired) electrons. The van der Waals surface area contributed by atoms with Crippen molar-refractivity contribution in [3.63, 3.8) is 0 Å². The predicted molar refractivity (Wildman–Crippen MR) is 115 cm³/mol. The lowest BCUT2D eigenvalue weighted by Crippen LogP contribution is -2.05. The number of hydrogen-bond donors (Lipinski definition) is 0. The van der Waals surface area contributed by atoms with Crippen molar-refractivity contribution >= 4 is 10.5 Å². The van der Waals surface area contributed by atoms with Gasteiger partial charge in [0.15, 0.2) is 0 Å². The van der Waals surface area contributed by atoms with E-state index in [1.807, 2.05) is 30.3 Å². The van der Waals surface area contributed by atoms with Crippen LogP contribution in [-0.2, 0) is 11.0 Å². The molecule has 1 aliphatic carbocycles. The van der Waals surface area contributed by atoms with Gasteiger partial charge in [-0.3, -0.25) is 0 Å². The smallest absolute Gasteiger partial charge is 0.246 e. The molecule has 0 saturated heterocycles. The minimum Gasteiger partial charge on any atom is -0.414 e. The van der Waals surface area contributed by atoms with E-state index in [0.29, 0.717) is 6.61 Å². The van der Waals surface area contributed by atoms with Crippen LogP contribution in [0.25, 0.3) is 11.1 Å². The molecule has 0 atom stereocenters. The molecule has 0 bridgehead atoms. The Kier molecular flexibility index (Phi) is 7.88. The normalized spacial score (nSPS) is 14.3. The van der Waals surface area contributed by atoms with E-state index in [4.69, 9.17) is 4.43 Å². The van der Waals surface area contributed by atoms with E-state index in [9.17, 15) is 0 Å². The molecule has 2 heteroatoms. The Morgan fingerprint density at radius 2 is 1.30 bits per heavy atom. The molecule has 3 aromatic rings. The molecule has 0 heterocycles. The van der Waals surface area contributed by atoms with Crippen molar-refractivity contribution in [2.24, 2.45) is 0 Å². The summed E-state index contributed by atoms with van der Waals surface area (Å²) in [6, 6.07) is 29.7. The standard InChI is InChI=1S/C18H20.C7H7OSi/c1-3-9-15(10-4-1)17-13-7-8-14-18(17)16-11-5-2-6-12-16;9-8-6-7-4-2-1-3-5-7/h1,3-4,7-10,13-14,16H,2,5-6,11-12H2;1-5H,6H2. The minimum absolute atomic E-state index is 0.623. The van der Waals surface area contributed by atoms with Crippen molar-refractivity contribution in [2.75, 3.05) is 0 Å². The fourth-order valence-electron chi connectivity index (χ4n) is 3.80. The summed E-state index contributed by atoms with van der Waals surface area (Å²) < 4.78 is 4.73. The second-order valence-electron chi connectivity index (χ2n) is 7.06. The molecule has 0 amide bonds. The van der Waals surface area contributed by atoms with Gasteiger partial charge in [-0.25, -0.2) is 0 Å². The second-order valence-corrected chi connectivity index (χ2v) is 7.35. The maximum Gasteiger partial charge on any atom is 0.246 e. The zero-order valence-corrected chi connectivity index (χ0v) is 16.8. The summed E-state index contributed by atoms with van der Waals surface area (Å²) in [5.74, 6) is 0.773. The minimum atomic E-state index is 0.623. The van der Waals surface area contributed by atoms with Crippen molar-refractivity contribution in [3.05, 3.63) is 96.1 Å². The SMILES string of the molecule is [Si]OCc1ccccc1.c1ccc(-c2ccccc2C2CCCCC2)cc1. The largest absolute Gasteiger partial charge is 0.414 e. The molecule has 0 N–H and O–H groups in total. The van der Waals surface area contributed by atoms with Gasteiger partial charge in [0, 0.05) is 0 Å². The highest BCUT2D eigenvalue weighted by Gasteiger charge is 2.18. The summed E-state index contributed by atoms with van der Waals surface area (Å²) >= 11 is 0. The first-order chi connectivity index (χ1) is 13.4. The third-order valence-corrected chi connectivity index (χ3v) is 5.32. The lowest BCUT2D eigenvalue weighted by atomic mass is 9.81. The molecular weight excluding hydrogens is 344 g/mol. The fourth-order valence-corrected chi connectivity index (χ4v) is 3.97. The van der Waals surface area contributed by atoms with Crippen LogP contribution in [0.2, 0.25) is 0 Å². The van der Waals surface area contributed by atoms with Gasteiger partial charge in [-0.2, -0.15) is 0 Å². The summed E-state index contributed by atoms with van der Waals surface area (Å²) in [7, 11) is 2.93. The van der Waals surface area contributed by atoms with Crippen molar-refractivity contribution in [2.45, 2.75) is 44.6 Å². The first-order valence-electron chi connectivity index (χ1n) is 9.85. The highest BCUT2D eigenvalue weighted by molar-refractivity contribution is 5.97. The predicted octanol–water partition coefficient (Wildman–Crippen LogP) is 6.69. The van der Waals surface area contributed by atoms with Crippen molar-refractivity contribution in [1.82, 2.24) is 0 Å². The number of rotatable bonds is 4. The van der Waals surface area contributed by atoms with E-state index in [1.54, 1.807) is 5.56 Å². The Morgan fingerprint density at radius 3 is 1.96 bits per heavy atom. The van der Waals surface area contributed by atoms with E-state index >= 15 is 0 Å². The zero-order chi connectivity index (χ0) is 18.7. The Balaban J connectivity index is 0.000000197. The molecule has 4 rings (SSSR count). The van der Waals surface area contributed by atoms with Gasteiger partial charge in [-0.1, -0.05) is 104 Å². The van der Waals surface area contributed by atoms with Gasteiger partial charge in [-0.05, 0) is 41.0 Å². The Labute approximate surface area is 167 Å². The summed E-state index contributed by atoms with van der Waals surface area (Å²) in [6.45, 7) is 0.623. The van der Waals surface area contributed by atoms with Crippen LogP contribution in [-0.4, -0.2) is 10.5 Å². The van der Waals surface area contributed by atoms with Gasteiger partial charge < -0.3 is 4.43 Å². The first-order valence-corrected chi connectivity index (χ1v) is 10.3. The molecule has 1 nitrogen and oxygen atoms in total. The van der Waals surface area contributed by atoms with Crippen LogP contribution in [0.4, 0.5) is 0 Å². The maximum absolute atomic E-state index is 4.73. The molecule has 27 heavy (non-hydrogen) atoms. The Morgan fingerprint density at radius 1 is 0.704 bits per heavy atom. The fraction of sp³-hybridized carbons (Fsp3) is 0.280. The highest BCUT2D eigenvalue weighted by atomic mass is 28.2. The summed E-state index contributed by atoms with van der Waals surface area (Å²) in [5, 5.41) is 0. The highest BCUT2D eigenvalue weighted by Crippen LogP contribution is 2.37. The average Bonchev–Trinajstić information content (AvgIpc) is 2.76. The van der Waals surface area contributed by atoms with E-state index in [-0.39, 0.29) is 0 Å². The van der Waals surface area contributed by atoms with Crippen LogP contribution in [0, 0.1) is 0 Å². The van der Waals surface area contributed by atoms with Crippen LogP contribution in [0.1, 0.15) is 49.1 Å². The Bertz CT molecular complexity index is 780. The molecule has 3 aromatic carbocycles. The molecule has 137 valence electrons. The van der Waals surface area contributed by atoms with Crippen LogP contribution in [0.15, 0.2) is 84.9 Å². The second kappa shape index (κ2) is 10.9.